The Labute approximate surface area is 199 Å². The maximum atomic E-state index is 13.0. The van der Waals surface area contributed by atoms with Crippen molar-refractivity contribution in [3.63, 3.8) is 0 Å². The molecule has 7 heteroatoms. The van der Waals surface area contributed by atoms with Gasteiger partial charge in [0.15, 0.2) is 0 Å². The van der Waals surface area contributed by atoms with Gasteiger partial charge in [0.2, 0.25) is 0 Å². The first-order valence-electron chi connectivity index (χ1n) is 11.7. The molecule has 1 aliphatic rings. The summed E-state index contributed by atoms with van der Waals surface area (Å²) in [7, 11) is 0. The van der Waals surface area contributed by atoms with Crippen LogP contribution in [0.2, 0.25) is 0 Å². The molecular formula is C27H30N4O3. The lowest BCUT2D eigenvalue weighted by atomic mass is 9.90. The molecule has 0 aliphatic carbocycles. The lowest BCUT2D eigenvalue weighted by molar-refractivity contribution is 0.0696. The molecule has 2 N–H and O–H groups in total. The molecule has 1 amide bonds. The van der Waals surface area contributed by atoms with Gasteiger partial charge in [-0.3, -0.25) is 9.69 Å². The largest absolute Gasteiger partial charge is 0.478 e. The third kappa shape index (κ3) is 6.05. The van der Waals surface area contributed by atoms with E-state index in [1.807, 2.05) is 19.1 Å². The fourth-order valence-corrected chi connectivity index (χ4v) is 4.46. The minimum absolute atomic E-state index is 0.184. The van der Waals surface area contributed by atoms with Gasteiger partial charge in [-0.1, -0.05) is 42.5 Å². The van der Waals surface area contributed by atoms with Crippen LogP contribution in [0.3, 0.4) is 0 Å². The highest BCUT2D eigenvalue weighted by atomic mass is 16.4. The van der Waals surface area contributed by atoms with Gasteiger partial charge in [0.1, 0.15) is 5.82 Å². The number of carbonyl (C=O) groups excluding carboxylic acids is 1. The Morgan fingerprint density at radius 1 is 1.06 bits per heavy atom. The number of nitrogens with one attached hydrogen (secondary N) is 1. The summed E-state index contributed by atoms with van der Waals surface area (Å²) in [6.45, 7) is 5.12. The Kier molecular flexibility index (Phi) is 7.65. The van der Waals surface area contributed by atoms with E-state index in [1.165, 1.54) is 5.56 Å². The first-order chi connectivity index (χ1) is 16.5. The highest BCUT2D eigenvalue weighted by Gasteiger charge is 2.26. The quantitative estimate of drug-likeness (QED) is 0.533. The van der Waals surface area contributed by atoms with Gasteiger partial charge < -0.3 is 10.4 Å². The average molecular weight is 459 g/mol. The second kappa shape index (κ2) is 11.0. The second-order valence-electron chi connectivity index (χ2n) is 8.76. The van der Waals surface area contributed by atoms with Gasteiger partial charge in [0.05, 0.1) is 16.8 Å². The average Bonchev–Trinajstić information content (AvgIpc) is 2.85. The van der Waals surface area contributed by atoms with Crippen LogP contribution in [0.15, 0.2) is 60.8 Å². The van der Waals surface area contributed by atoms with Crippen LogP contribution in [-0.2, 0) is 13.0 Å². The van der Waals surface area contributed by atoms with Crippen LogP contribution in [0.4, 0.5) is 0 Å². The van der Waals surface area contributed by atoms with Gasteiger partial charge in [-0.25, -0.2) is 14.8 Å². The third-order valence-corrected chi connectivity index (χ3v) is 6.28. The second-order valence-corrected chi connectivity index (χ2v) is 8.76. The molecule has 1 aliphatic heterocycles. The number of carboxylic acid groups (broad SMARTS) is 1. The zero-order valence-corrected chi connectivity index (χ0v) is 19.4. The van der Waals surface area contributed by atoms with Gasteiger partial charge in [0.25, 0.3) is 5.91 Å². The fourth-order valence-electron chi connectivity index (χ4n) is 4.46. The van der Waals surface area contributed by atoms with Crippen LogP contribution in [0.1, 0.15) is 62.1 Å². The number of rotatable bonds is 8. The number of carboxylic acids is 1. The molecule has 0 radical (unpaired) electrons. The summed E-state index contributed by atoms with van der Waals surface area (Å²) in [6.07, 6.45) is 4.08. The lowest BCUT2D eigenvalue weighted by Gasteiger charge is -2.32. The maximum Gasteiger partial charge on any atom is 0.335 e. The number of nitrogens with zero attached hydrogens (tertiary/aromatic N) is 3. The molecule has 176 valence electrons. The van der Waals surface area contributed by atoms with Crippen molar-refractivity contribution in [1.82, 2.24) is 20.2 Å². The molecule has 7 nitrogen and oxygen atoms in total. The number of hydrogen-bond donors (Lipinski definition) is 2. The van der Waals surface area contributed by atoms with Gasteiger partial charge >= 0.3 is 5.97 Å². The van der Waals surface area contributed by atoms with Gasteiger partial charge in [0, 0.05) is 25.2 Å². The van der Waals surface area contributed by atoms with E-state index in [0.29, 0.717) is 24.4 Å². The number of piperidine rings is 1. The lowest BCUT2D eigenvalue weighted by Crippen LogP contribution is -2.34. The van der Waals surface area contributed by atoms with E-state index in [2.05, 4.69) is 44.5 Å². The zero-order chi connectivity index (χ0) is 23.9. The molecule has 1 aromatic heterocycles. The predicted molar refractivity (Wildman–Crippen MR) is 130 cm³/mol. The first-order valence-corrected chi connectivity index (χ1v) is 11.7. The third-order valence-electron chi connectivity index (χ3n) is 6.28. The molecule has 0 unspecified atom stereocenters. The summed E-state index contributed by atoms with van der Waals surface area (Å²) in [5, 5.41) is 12.1. The summed E-state index contributed by atoms with van der Waals surface area (Å²) in [5.41, 5.74) is 3.79. The van der Waals surface area contributed by atoms with Crippen LogP contribution in [-0.4, -0.2) is 51.5 Å². The monoisotopic (exact) mass is 458 g/mol. The van der Waals surface area contributed by atoms with Crippen molar-refractivity contribution in [3.8, 4) is 0 Å². The molecule has 0 atom stereocenters. The number of aromatic carboxylic acids is 1. The van der Waals surface area contributed by atoms with E-state index in [0.717, 1.165) is 43.7 Å². The normalized spacial score (nSPS) is 14.6. The van der Waals surface area contributed by atoms with E-state index in [9.17, 15) is 9.59 Å². The number of aryl methyl sites for hydroxylation is 1. The van der Waals surface area contributed by atoms with E-state index in [-0.39, 0.29) is 17.4 Å². The minimum atomic E-state index is -0.956. The SMILES string of the molecule is Cc1ncc(C(=O)NCCc2cccc(C(=O)O)c2)c(C2CCN(Cc3ccccc3)CC2)n1. The Bertz CT molecular complexity index is 1140. The van der Waals surface area contributed by atoms with Crippen molar-refractivity contribution in [2.45, 2.75) is 38.6 Å². The van der Waals surface area contributed by atoms with Crippen LogP contribution >= 0.6 is 0 Å². The van der Waals surface area contributed by atoms with Crippen LogP contribution in [0.5, 0.6) is 0 Å². The Morgan fingerprint density at radius 3 is 2.53 bits per heavy atom. The predicted octanol–water partition coefficient (Wildman–Crippen LogP) is 3.84. The van der Waals surface area contributed by atoms with Crippen molar-refractivity contribution in [2.24, 2.45) is 0 Å². The topological polar surface area (TPSA) is 95.4 Å². The molecule has 0 bridgehead atoms. The summed E-state index contributed by atoms with van der Waals surface area (Å²) < 4.78 is 0. The number of carbonyl (C=O) groups is 2. The fraction of sp³-hybridized carbons (Fsp3) is 0.333. The summed E-state index contributed by atoms with van der Waals surface area (Å²) >= 11 is 0. The van der Waals surface area contributed by atoms with Gasteiger partial charge in [-0.15, -0.1) is 0 Å². The number of hydrogen-bond acceptors (Lipinski definition) is 5. The Morgan fingerprint density at radius 2 is 1.79 bits per heavy atom. The molecule has 3 aromatic rings. The minimum Gasteiger partial charge on any atom is -0.478 e. The molecule has 2 heterocycles. The van der Waals surface area contributed by atoms with Crippen molar-refractivity contribution < 1.29 is 14.7 Å². The number of likely N-dealkylation sites (tertiary alicyclic amines) is 1. The molecule has 0 saturated carbocycles. The van der Waals surface area contributed by atoms with Crippen molar-refractivity contribution in [2.75, 3.05) is 19.6 Å². The standard InChI is InChI=1S/C27H30N4O3/c1-19-29-17-24(26(32)28-13-10-20-8-5-9-23(16-20)27(33)34)25(30-19)22-11-14-31(15-12-22)18-21-6-3-2-4-7-21/h2-9,16-17,22H,10-15,18H2,1H3,(H,28,32)(H,33,34). The molecular weight excluding hydrogens is 428 g/mol. The Balaban J connectivity index is 1.36. The molecule has 0 spiro atoms. The molecule has 4 rings (SSSR count). The van der Waals surface area contributed by atoms with Crippen LogP contribution in [0, 0.1) is 6.92 Å². The summed E-state index contributed by atoms with van der Waals surface area (Å²) in [5.74, 6) is -0.247. The molecule has 34 heavy (non-hydrogen) atoms. The molecule has 1 saturated heterocycles. The summed E-state index contributed by atoms with van der Waals surface area (Å²) in [4.78, 5) is 35.5. The number of amides is 1. The molecule has 1 fully saturated rings. The molecule has 2 aromatic carbocycles. The van der Waals surface area contributed by atoms with Gasteiger partial charge in [-0.2, -0.15) is 0 Å². The van der Waals surface area contributed by atoms with Crippen LogP contribution in [0.25, 0.3) is 0 Å². The first kappa shape index (κ1) is 23.6. The van der Waals surface area contributed by atoms with Crippen molar-refractivity contribution in [3.05, 3.63) is 94.6 Å². The summed E-state index contributed by atoms with van der Waals surface area (Å²) in [6, 6.07) is 17.3. The van der Waals surface area contributed by atoms with Crippen molar-refractivity contribution >= 4 is 11.9 Å². The van der Waals surface area contributed by atoms with E-state index >= 15 is 0 Å². The van der Waals surface area contributed by atoms with Crippen LogP contribution < -0.4 is 5.32 Å². The zero-order valence-electron chi connectivity index (χ0n) is 19.4. The smallest absolute Gasteiger partial charge is 0.335 e. The van der Waals surface area contributed by atoms with E-state index < -0.39 is 5.97 Å². The van der Waals surface area contributed by atoms with Crippen molar-refractivity contribution in [1.29, 1.82) is 0 Å². The number of benzene rings is 2. The van der Waals surface area contributed by atoms with Gasteiger partial charge in [-0.05, 0) is 62.5 Å². The highest BCUT2D eigenvalue weighted by Crippen LogP contribution is 2.29. The van der Waals surface area contributed by atoms with E-state index in [4.69, 9.17) is 5.11 Å². The Hall–Kier alpha value is -3.58. The van der Waals surface area contributed by atoms with E-state index in [1.54, 1.807) is 24.4 Å². The number of aromatic nitrogens is 2. The maximum absolute atomic E-state index is 13.0. The highest BCUT2D eigenvalue weighted by molar-refractivity contribution is 5.95.